The van der Waals surface area contributed by atoms with Crippen molar-refractivity contribution in [1.29, 1.82) is 0 Å². The first-order chi connectivity index (χ1) is 12.5. The van der Waals surface area contributed by atoms with Crippen LogP contribution in [0.5, 0.6) is 0 Å². The third kappa shape index (κ3) is 3.86. The van der Waals surface area contributed by atoms with Crippen molar-refractivity contribution >= 4 is 46.3 Å². The monoisotopic (exact) mass is 387 g/mol. The number of aliphatic carboxylic acids is 1. The lowest BCUT2D eigenvalue weighted by atomic mass is 10.0. The highest BCUT2D eigenvalue weighted by molar-refractivity contribution is 8.26. The maximum Gasteiger partial charge on any atom is 0.327 e. The van der Waals surface area contributed by atoms with Crippen molar-refractivity contribution in [2.24, 2.45) is 0 Å². The van der Waals surface area contributed by atoms with Crippen LogP contribution in [0.3, 0.4) is 0 Å². The average molecular weight is 387 g/mol. The van der Waals surface area contributed by atoms with E-state index in [2.05, 4.69) is 5.10 Å². The van der Waals surface area contributed by atoms with Crippen molar-refractivity contribution in [3.05, 3.63) is 58.8 Å². The van der Waals surface area contributed by atoms with Gasteiger partial charge in [-0.05, 0) is 18.6 Å². The van der Waals surface area contributed by atoms with E-state index >= 15 is 0 Å². The van der Waals surface area contributed by atoms with Crippen molar-refractivity contribution in [2.75, 3.05) is 0 Å². The number of carboxylic acid groups (broad SMARTS) is 1. The molecule has 8 heteroatoms. The molecule has 2 aromatic rings. The van der Waals surface area contributed by atoms with E-state index < -0.39 is 12.0 Å². The molecule has 1 aliphatic heterocycles. The van der Waals surface area contributed by atoms with Crippen molar-refractivity contribution in [3.63, 3.8) is 0 Å². The summed E-state index contributed by atoms with van der Waals surface area (Å²) >= 11 is 6.41. The molecule has 1 aromatic heterocycles. The van der Waals surface area contributed by atoms with Gasteiger partial charge in [-0.25, -0.2) is 4.79 Å². The Morgan fingerprint density at radius 2 is 2.12 bits per heavy atom. The van der Waals surface area contributed by atoms with E-state index in [1.165, 1.54) is 4.90 Å². The van der Waals surface area contributed by atoms with Gasteiger partial charge in [0.15, 0.2) is 0 Å². The summed E-state index contributed by atoms with van der Waals surface area (Å²) < 4.78 is 2.01. The number of hydrogen-bond acceptors (Lipinski definition) is 5. The first kappa shape index (κ1) is 18.3. The lowest BCUT2D eigenvalue weighted by Crippen LogP contribution is -2.45. The van der Waals surface area contributed by atoms with Crippen LogP contribution in [0.1, 0.15) is 18.1 Å². The van der Waals surface area contributed by atoms with Gasteiger partial charge in [-0.2, -0.15) is 5.10 Å². The number of benzene rings is 1. The van der Waals surface area contributed by atoms with Gasteiger partial charge in [0.2, 0.25) is 0 Å². The first-order valence-electron chi connectivity index (χ1n) is 8.06. The molecule has 0 radical (unpaired) electrons. The molecule has 0 bridgehead atoms. The van der Waals surface area contributed by atoms with E-state index in [0.29, 0.717) is 4.91 Å². The molecule has 26 heavy (non-hydrogen) atoms. The Labute approximate surface area is 160 Å². The summed E-state index contributed by atoms with van der Waals surface area (Å²) in [5.41, 5.74) is 1.62. The number of carboxylic acids is 1. The maximum atomic E-state index is 12.8. The first-order valence-corrected chi connectivity index (χ1v) is 9.28. The highest BCUT2D eigenvalue weighted by Gasteiger charge is 2.40. The molecule has 1 aliphatic rings. The summed E-state index contributed by atoms with van der Waals surface area (Å²) in [6.45, 7) is 2.70. The summed E-state index contributed by atoms with van der Waals surface area (Å²) in [5, 5.41) is 13.8. The Morgan fingerprint density at radius 3 is 2.73 bits per heavy atom. The van der Waals surface area contributed by atoms with Crippen molar-refractivity contribution in [1.82, 2.24) is 14.7 Å². The fourth-order valence-electron chi connectivity index (χ4n) is 2.65. The number of rotatable bonds is 6. The molecular formula is C18H17N3O3S2. The number of carbonyl (C=O) groups is 2. The number of amides is 1. The van der Waals surface area contributed by atoms with Crippen LogP contribution in [-0.2, 0) is 22.6 Å². The number of carbonyl (C=O) groups excluding carboxylic acids is 1. The van der Waals surface area contributed by atoms with E-state index in [0.717, 1.165) is 29.4 Å². The highest BCUT2D eigenvalue weighted by Crippen LogP contribution is 2.34. The highest BCUT2D eigenvalue weighted by atomic mass is 32.2. The molecule has 1 N–H and O–H groups in total. The molecule has 3 rings (SSSR count). The van der Waals surface area contributed by atoms with Crippen LogP contribution in [-0.4, -0.2) is 42.0 Å². The Kier molecular flexibility index (Phi) is 5.53. The van der Waals surface area contributed by atoms with Crippen molar-refractivity contribution in [3.8, 4) is 0 Å². The van der Waals surface area contributed by atoms with E-state index in [4.69, 9.17) is 12.2 Å². The van der Waals surface area contributed by atoms with Gasteiger partial charge < -0.3 is 5.11 Å². The Balaban J connectivity index is 1.85. The third-order valence-electron chi connectivity index (χ3n) is 3.97. The van der Waals surface area contributed by atoms with Gasteiger partial charge in [-0.15, -0.1) is 0 Å². The molecule has 1 saturated heterocycles. The number of aryl methyl sites for hydroxylation is 1. The number of aromatic nitrogens is 2. The van der Waals surface area contributed by atoms with E-state index in [-0.39, 0.29) is 16.6 Å². The number of thioether (sulfide) groups is 1. The molecular weight excluding hydrogens is 370 g/mol. The Morgan fingerprint density at radius 1 is 1.38 bits per heavy atom. The van der Waals surface area contributed by atoms with E-state index in [1.807, 2.05) is 43.5 Å². The van der Waals surface area contributed by atoms with Crippen molar-refractivity contribution in [2.45, 2.75) is 25.9 Å². The fraction of sp³-hybridized carbons (Fsp3) is 0.222. The number of nitrogens with zero attached hydrogens (tertiary/aromatic N) is 3. The minimum absolute atomic E-state index is 0.198. The molecule has 1 amide bonds. The molecule has 2 heterocycles. The fourth-order valence-corrected chi connectivity index (χ4v) is 4.01. The smallest absolute Gasteiger partial charge is 0.327 e. The predicted molar refractivity (Wildman–Crippen MR) is 104 cm³/mol. The lowest BCUT2D eigenvalue weighted by molar-refractivity contribution is -0.145. The molecule has 0 spiro atoms. The summed E-state index contributed by atoms with van der Waals surface area (Å²) in [6, 6.07) is 8.17. The summed E-state index contributed by atoms with van der Waals surface area (Å²) in [6.07, 6.45) is 5.38. The number of thiocarbonyl (C=S) groups is 1. The summed E-state index contributed by atoms with van der Waals surface area (Å²) in [5.74, 6) is -1.46. The zero-order valence-corrected chi connectivity index (χ0v) is 15.7. The molecule has 6 nitrogen and oxygen atoms in total. The van der Waals surface area contributed by atoms with Gasteiger partial charge in [0.25, 0.3) is 5.91 Å². The molecule has 0 aliphatic carbocycles. The second kappa shape index (κ2) is 7.84. The van der Waals surface area contributed by atoms with Gasteiger partial charge in [0, 0.05) is 24.7 Å². The van der Waals surface area contributed by atoms with Crippen LogP contribution in [0.25, 0.3) is 6.08 Å². The predicted octanol–water partition coefficient (Wildman–Crippen LogP) is 2.80. The normalized spacial score (nSPS) is 17.1. The summed E-state index contributed by atoms with van der Waals surface area (Å²) in [4.78, 5) is 26.2. The largest absolute Gasteiger partial charge is 0.480 e. The number of hydrogen-bond donors (Lipinski definition) is 1. The minimum atomic E-state index is -1.08. The van der Waals surface area contributed by atoms with Gasteiger partial charge in [-0.1, -0.05) is 54.3 Å². The van der Waals surface area contributed by atoms with E-state index in [1.54, 1.807) is 17.0 Å². The SMILES string of the molecule is CCn1cc(/C=C2/SC(=S)N([C@@H](Cc3ccccc3)C(=O)O)C2=O)cn1. The summed E-state index contributed by atoms with van der Waals surface area (Å²) in [7, 11) is 0. The Bertz CT molecular complexity index is 877. The van der Waals surface area contributed by atoms with Gasteiger partial charge in [-0.3, -0.25) is 14.4 Å². The maximum absolute atomic E-state index is 12.8. The van der Waals surface area contributed by atoms with Crippen LogP contribution < -0.4 is 0 Å². The van der Waals surface area contributed by atoms with Crippen LogP contribution in [0.15, 0.2) is 47.6 Å². The van der Waals surface area contributed by atoms with Gasteiger partial charge in [0.05, 0.1) is 11.1 Å². The molecule has 1 atom stereocenters. The third-order valence-corrected chi connectivity index (χ3v) is 5.30. The standard InChI is InChI=1S/C18H17N3O3S2/c1-2-20-11-13(10-19-20)9-15-16(22)21(18(25)26-15)14(17(23)24)8-12-6-4-3-5-7-12/h3-7,9-11,14H,2,8H2,1H3,(H,23,24)/b15-9+/t14-/m0/s1. The molecule has 0 saturated carbocycles. The van der Waals surface area contributed by atoms with Crippen molar-refractivity contribution < 1.29 is 14.7 Å². The van der Waals surface area contributed by atoms with Gasteiger partial charge >= 0.3 is 5.97 Å². The molecule has 0 unspecified atom stereocenters. The molecule has 1 aromatic carbocycles. The zero-order chi connectivity index (χ0) is 18.7. The van der Waals surface area contributed by atoms with Crippen LogP contribution in [0, 0.1) is 0 Å². The van der Waals surface area contributed by atoms with Crippen LogP contribution >= 0.6 is 24.0 Å². The van der Waals surface area contributed by atoms with E-state index in [9.17, 15) is 14.7 Å². The molecule has 134 valence electrons. The van der Waals surface area contributed by atoms with Gasteiger partial charge in [0.1, 0.15) is 10.4 Å². The molecule has 1 fully saturated rings. The second-order valence-electron chi connectivity index (χ2n) is 5.72. The topological polar surface area (TPSA) is 75.4 Å². The average Bonchev–Trinajstić information content (AvgIpc) is 3.19. The quantitative estimate of drug-likeness (QED) is 0.607. The minimum Gasteiger partial charge on any atom is -0.480 e. The van der Waals surface area contributed by atoms with Crippen LogP contribution in [0.2, 0.25) is 0 Å². The van der Waals surface area contributed by atoms with Crippen LogP contribution in [0.4, 0.5) is 0 Å². The Hall–Kier alpha value is -2.45. The lowest BCUT2D eigenvalue weighted by Gasteiger charge is -2.23. The second-order valence-corrected chi connectivity index (χ2v) is 7.40. The zero-order valence-electron chi connectivity index (χ0n) is 14.0.